The Bertz CT molecular complexity index is 1930. The van der Waals surface area contributed by atoms with Gasteiger partial charge in [-0.2, -0.15) is 0 Å². The fourth-order valence-corrected chi connectivity index (χ4v) is 6.83. The number of rotatable bonds is 3. The largest absolute Gasteiger partial charge is 0.446 e. The Morgan fingerprint density at radius 1 is 0.571 bits per heavy atom. The summed E-state index contributed by atoms with van der Waals surface area (Å²) in [7, 11) is 0. The van der Waals surface area contributed by atoms with Crippen LogP contribution in [-0.2, 0) is 11.2 Å². The molecule has 2 nitrogen and oxygen atoms in total. The Morgan fingerprint density at radius 2 is 1.21 bits per heavy atom. The second-order valence-corrected chi connectivity index (χ2v) is 11.0. The molecule has 0 saturated heterocycles. The van der Waals surface area contributed by atoms with Crippen LogP contribution in [0.1, 0.15) is 40.7 Å². The third kappa shape index (κ3) is 3.60. The van der Waals surface area contributed by atoms with Crippen LogP contribution in [0.4, 0.5) is 0 Å². The number of hydrogen-bond acceptors (Lipinski definition) is 2. The van der Waals surface area contributed by atoms with E-state index in [1.807, 2.05) is 42.5 Å². The van der Waals surface area contributed by atoms with Gasteiger partial charge in [0.2, 0.25) is 0 Å². The van der Waals surface area contributed by atoms with Crippen LogP contribution in [0.2, 0.25) is 0 Å². The molecular formula is C40H28O2. The van der Waals surface area contributed by atoms with E-state index < -0.39 is 11.2 Å². The van der Waals surface area contributed by atoms with Gasteiger partial charge in [0.1, 0.15) is 16.9 Å². The molecule has 0 N–H and O–H groups in total. The topological polar surface area (TPSA) is 18.5 Å². The maximum atomic E-state index is 7.15. The number of ether oxygens (including phenoxy) is 2. The lowest BCUT2D eigenvalue weighted by Crippen LogP contribution is -2.51. The van der Waals surface area contributed by atoms with Crippen LogP contribution in [0.5, 0.6) is 11.5 Å². The summed E-state index contributed by atoms with van der Waals surface area (Å²) in [6.45, 7) is 0. The minimum Gasteiger partial charge on any atom is -0.446 e. The Labute approximate surface area is 246 Å². The van der Waals surface area contributed by atoms with E-state index in [1.165, 1.54) is 5.57 Å². The van der Waals surface area contributed by atoms with Crippen LogP contribution in [0.25, 0.3) is 11.1 Å². The summed E-state index contributed by atoms with van der Waals surface area (Å²) < 4.78 is 14.3. The van der Waals surface area contributed by atoms with Crippen molar-refractivity contribution in [3.05, 3.63) is 179 Å². The summed E-state index contributed by atoms with van der Waals surface area (Å²) in [5.41, 5.74) is 8.06. The molecule has 2 heterocycles. The zero-order valence-electron chi connectivity index (χ0n) is 23.1. The number of hydrogen-bond donors (Lipinski definition) is 0. The molecule has 200 valence electrons. The number of allylic oxidation sites excluding steroid dienone is 3. The molecule has 0 aromatic heterocycles. The van der Waals surface area contributed by atoms with Gasteiger partial charge < -0.3 is 9.47 Å². The van der Waals surface area contributed by atoms with E-state index in [0.29, 0.717) is 0 Å². The van der Waals surface area contributed by atoms with Crippen LogP contribution < -0.4 is 9.47 Å². The second-order valence-electron chi connectivity index (χ2n) is 11.0. The lowest BCUT2D eigenvalue weighted by Gasteiger charge is -2.40. The Morgan fingerprint density at radius 3 is 1.93 bits per heavy atom. The Kier molecular flexibility index (Phi) is 5.66. The summed E-state index contributed by atoms with van der Waals surface area (Å²) in [6, 6.07) is 44.0. The zero-order valence-corrected chi connectivity index (χ0v) is 23.1. The van der Waals surface area contributed by atoms with E-state index in [4.69, 9.17) is 9.47 Å². The first-order chi connectivity index (χ1) is 20.8. The molecule has 2 aliphatic heterocycles. The van der Waals surface area contributed by atoms with Crippen LogP contribution in [0, 0.1) is 11.8 Å². The summed E-state index contributed by atoms with van der Waals surface area (Å²) in [5, 5.41) is 0. The highest BCUT2D eigenvalue weighted by molar-refractivity contribution is 5.74. The third-order valence-corrected chi connectivity index (χ3v) is 8.65. The first kappa shape index (κ1) is 24.5. The van der Waals surface area contributed by atoms with Gasteiger partial charge in [-0.15, -0.1) is 0 Å². The van der Waals surface area contributed by atoms with Crippen molar-refractivity contribution in [2.75, 3.05) is 0 Å². The average molecular weight is 541 g/mol. The van der Waals surface area contributed by atoms with Crippen LogP contribution in [0.3, 0.4) is 0 Å². The van der Waals surface area contributed by atoms with Crippen molar-refractivity contribution in [3.8, 4) is 34.5 Å². The fourth-order valence-electron chi connectivity index (χ4n) is 6.83. The standard InChI is InChI=1S/C40H28O2/c1-5-13-29(14-6-1)21-22-30-23-25-35-37(27-30)41-40(34-19-11-4-12-20-34)39(35,33-17-9-3-10-18-33)36-26-24-32(28-38(36)42-40)31-15-7-2-8-16-31/h1-9,11-17,19-20,23-28H,10,18H2. The van der Waals surface area contributed by atoms with Gasteiger partial charge in [0.15, 0.2) is 0 Å². The minimum absolute atomic E-state index is 0.648. The smallest absolute Gasteiger partial charge is 0.295 e. The second kappa shape index (κ2) is 9.68. The van der Waals surface area contributed by atoms with Gasteiger partial charge in [-0.25, -0.2) is 0 Å². The van der Waals surface area contributed by atoms with Crippen molar-refractivity contribution in [3.63, 3.8) is 0 Å². The van der Waals surface area contributed by atoms with Crippen molar-refractivity contribution < 1.29 is 9.47 Å². The molecular weight excluding hydrogens is 512 g/mol. The Hall–Kier alpha value is -5.26. The van der Waals surface area contributed by atoms with Gasteiger partial charge in [0.05, 0.1) is 0 Å². The van der Waals surface area contributed by atoms with E-state index in [2.05, 4.69) is 115 Å². The predicted molar refractivity (Wildman–Crippen MR) is 167 cm³/mol. The average Bonchev–Trinajstić information content (AvgIpc) is 3.52. The third-order valence-electron chi connectivity index (χ3n) is 8.65. The summed E-state index contributed by atoms with van der Waals surface area (Å²) in [5.74, 6) is 7.23. The molecule has 42 heavy (non-hydrogen) atoms. The molecule has 0 fully saturated rings. The molecule has 5 aromatic carbocycles. The molecule has 0 radical (unpaired) electrons. The van der Waals surface area contributed by atoms with Gasteiger partial charge in [0, 0.05) is 27.8 Å². The molecule has 1 aliphatic carbocycles. The van der Waals surface area contributed by atoms with Crippen LogP contribution in [0.15, 0.2) is 151 Å². The quantitative estimate of drug-likeness (QED) is 0.213. The van der Waals surface area contributed by atoms with E-state index in [9.17, 15) is 0 Å². The lowest BCUT2D eigenvalue weighted by atomic mass is 9.62. The summed E-state index contributed by atoms with van der Waals surface area (Å²) in [4.78, 5) is 0. The van der Waals surface area contributed by atoms with Gasteiger partial charge in [-0.3, -0.25) is 0 Å². The number of fused-ring (bicyclic) bond motifs is 5. The summed E-state index contributed by atoms with van der Waals surface area (Å²) >= 11 is 0. The molecule has 3 aliphatic rings. The van der Waals surface area contributed by atoms with Gasteiger partial charge in [-0.1, -0.05) is 127 Å². The number of benzene rings is 5. The lowest BCUT2D eigenvalue weighted by molar-refractivity contribution is -0.120. The molecule has 0 bridgehead atoms. The zero-order chi connectivity index (χ0) is 28.0. The first-order valence-corrected chi connectivity index (χ1v) is 14.5. The molecule has 5 aromatic rings. The maximum Gasteiger partial charge on any atom is 0.295 e. The predicted octanol–water partition coefficient (Wildman–Crippen LogP) is 8.95. The summed E-state index contributed by atoms with van der Waals surface area (Å²) in [6.07, 6.45) is 8.58. The van der Waals surface area contributed by atoms with E-state index in [-0.39, 0.29) is 0 Å². The van der Waals surface area contributed by atoms with Gasteiger partial charge in [0.25, 0.3) is 5.79 Å². The van der Waals surface area contributed by atoms with Crippen molar-refractivity contribution >= 4 is 0 Å². The van der Waals surface area contributed by atoms with E-state index in [0.717, 1.165) is 63.3 Å². The Balaban J connectivity index is 1.37. The molecule has 8 rings (SSSR count). The molecule has 2 heteroatoms. The molecule has 0 spiro atoms. The van der Waals surface area contributed by atoms with Crippen LogP contribution >= 0.6 is 0 Å². The highest BCUT2D eigenvalue weighted by Crippen LogP contribution is 2.68. The molecule has 2 atom stereocenters. The molecule has 2 unspecified atom stereocenters. The van der Waals surface area contributed by atoms with Crippen LogP contribution in [-0.4, -0.2) is 0 Å². The highest BCUT2D eigenvalue weighted by atomic mass is 16.7. The molecule has 0 saturated carbocycles. The van der Waals surface area contributed by atoms with Crippen molar-refractivity contribution in [1.82, 2.24) is 0 Å². The van der Waals surface area contributed by atoms with E-state index >= 15 is 0 Å². The monoisotopic (exact) mass is 540 g/mol. The first-order valence-electron chi connectivity index (χ1n) is 14.5. The fraction of sp³-hybridized carbons (Fsp3) is 0.100. The molecule has 0 amide bonds. The maximum absolute atomic E-state index is 7.15. The SMILES string of the molecule is C(#Cc1ccc2c(c1)OC1(c3ccccc3)Oc3cc(-c4ccccc4)ccc3C21C1=CC=CCC1)c1ccccc1. The normalized spacial score (nSPS) is 21.1. The van der Waals surface area contributed by atoms with Crippen molar-refractivity contribution in [2.24, 2.45) is 0 Å². The van der Waals surface area contributed by atoms with Crippen molar-refractivity contribution in [2.45, 2.75) is 24.0 Å². The minimum atomic E-state index is -1.09. The highest BCUT2D eigenvalue weighted by Gasteiger charge is 2.70. The van der Waals surface area contributed by atoms with E-state index in [1.54, 1.807) is 0 Å². The van der Waals surface area contributed by atoms with Gasteiger partial charge >= 0.3 is 0 Å². The van der Waals surface area contributed by atoms with Crippen molar-refractivity contribution in [1.29, 1.82) is 0 Å². The van der Waals surface area contributed by atoms with Gasteiger partial charge in [-0.05, 0) is 59.9 Å².